The van der Waals surface area contributed by atoms with Crippen LogP contribution in [0.25, 0.3) is 0 Å². The van der Waals surface area contributed by atoms with Crippen molar-refractivity contribution < 1.29 is 4.79 Å². The van der Waals surface area contributed by atoms with Crippen molar-refractivity contribution in [2.75, 3.05) is 12.4 Å². The van der Waals surface area contributed by atoms with Gasteiger partial charge in [-0.05, 0) is 18.3 Å². The van der Waals surface area contributed by atoms with Crippen LogP contribution in [0.3, 0.4) is 0 Å². The predicted molar refractivity (Wildman–Crippen MR) is 84.7 cm³/mol. The monoisotopic (exact) mass is 289 g/mol. The zero-order valence-electron chi connectivity index (χ0n) is 13.1. The maximum absolute atomic E-state index is 11.7. The maximum Gasteiger partial charge on any atom is 0.220 e. The summed E-state index contributed by atoms with van der Waals surface area (Å²) in [4.78, 5) is 11.7. The Balaban J connectivity index is 3.44. The number of alkyl halides is 1. The van der Waals surface area contributed by atoms with Crippen LogP contribution in [0.5, 0.6) is 0 Å². The Morgan fingerprint density at radius 3 is 2.21 bits per heavy atom. The molecule has 1 N–H and O–H groups in total. The first-order valence-corrected chi connectivity index (χ1v) is 8.38. The number of nitrogens with one attached hydrogen (secondary N) is 1. The minimum Gasteiger partial charge on any atom is -0.356 e. The lowest BCUT2D eigenvalue weighted by Gasteiger charge is -2.23. The molecular formula is C16H32ClNO. The third-order valence-electron chi connectivity index (χ3n) is 3.54. The minimum absolute atomic E-state index is 0.109. The molecule has 3 heteroatoms. The van der Waals surface area contributed by atoms with Crippen molar-refractivity contribution in [2.24, 2.45) is 5.41 Å². The Labute approximate surface area is 124 Å². The summed E-state index contributed by atoms with van der Waals surface area (Å²) in [6.45, 7) is 7.25. The SMILES string of the molecule is CCCCCCCCCC(=O)NCC(C)(C)CCCl. The van der Waals surface area contributed by atoms with Crippen LogP contribution in [-0.2, 0) is 4.79 Å². The van der Waals surface area contributed by atoms with Crippen molar-refractivity contribution in [1.29, 1.82) is 0 Å². The summed E-state index contributed by atoms with van der Waals surface area (Å²) in [5.41, 5.74) is 0.109. The van der Waals surface area contributed by atoms with E-state index in [2.05, 4.69) is 26.1 Å². The molecule has 0 fully saturated rings. The fourth-order valence-electron chi connectivity index (χ4n) is 2.01. The lowest BCUT2D eigenvalue weighted by molar-refractivity contribution is -0.121. The molecule has 0 saturated heterocycles. The van der Waals surface area contributed by atoms with E-state index >= 15 is 0 Å². The molecule has 0 aliphatic rings. The van der Waals surface area contributed by atoms with Crippen LogP contribution in [0.4, 0.5) is 0 Å². The second-order valence-electron chi connectivity index (χ2n) is 6.25. The van der Waals surface area contributed by atoms with Crippen LogP contribution in [-0.4, -0.2) is 18.3 Å². The van der Waals surface area contributed by atoms with E-state index in [1.807, 2.05) is 0 Å². The summed E-state index contributed by atoms with van der Waals surface area (Å²) >= 11 is 5.74. The van der Waals surface area contributed by atoms with E-state index in [0.29, 0.717) is 12.3 Å². The molecule has 2 nitrogen and oxygen atoms in total. The molecule has 0 saturated carbocycles. The zero-order valence-corrected chi connectivity index (χ0v) is 13.8. The van der Waals surface area contributed by atoms with Crippen LogP contribution in [0.15, 0.2) is 0 Å². The number of halogens is 1. The molecule has 0 aromatic rings. The lowest BCUT2D eigenvalue weighted by Crippen LogP contribution is -2.34. The fraction of sp³-hybridized carbons (Fsp3) is 0.938. The van der Waals surface area contributed by atoms with E-state index in [-0.39, 0.29) is 11.3 Å². The van der Waals surface area contributed by atoms with Gasteiger partial charge in [0.25, 0.3) is 0 Å². The summed E-state index contributed by atoms with van der Waals surface area (Å²) in [5, 5.41) is 3.02. The van der Waals surface area contributed by atoms with E-state index in [9.17, 15) is 4.79 Å². The Bertz CT molecular complexity index is 229. The number of unbranched alkanes of at least 4 members (excludes halogenated alkanes) is 6. The normalized spacial score (nSPS) is 11.6. The highest BCUT2D eigenvalue weighted by Crippen LogP contribution is 2.19. The first kappa shape index (κ1) is 18.8. The molecule has 0 aliphatic carbocycles. The molecule has 114 valence electrons. The molecule has 0 aromatic carbocycles. The molecule has 19 heavy (non-hydrogen) atoms. The first-order chi connectivity index (χ1) is 9.02. The van der Waals surface area contributed by atoms with Crippen LogP contribution in [0, 0.1) is 5.41 Å². The van der Waals surface area contributed by atoms with Gasteiger partial charge >= 0.3 is 0 Å². The number of amides is 1. The smallest absolute Gasteiger partial charge is 0.220 e. The summed E-state index contributed by atoms with van der Waals surface area (Å²) < 4.78 is 0. The number of hydrogen-bond donors (Lipinski definition) is 1. The summed E-state index contributed by atoms with van der Waals surface area (Å²) in [5.74, 6) is 0.844. The van der Waals surface area contributed by atoms with E-state index < -0.39 is 0 Å². The molecule has 0 atom stereocenters. The van der Waals surface area contributed by atoms with Gasteiger partial charge in [-0.3, -0.25) is 4.79 Å². The highest BCUT2D eigenvalue weighted by atomic mass is 35.5. The molecule has 0 bridgehead atoms. The number of hydrogen-bond acceptors (Lipinski definition) is 1. The van der Waals surface area contributed by atoms with Gasteiger partial charge in [0, 0.05) is 18.8 Å². The van der Waals surface area contributed by atoms with Gasteiger partial charge in [-0.25, -0.2) is 0 Å². The Kier molecular flexibility index (Phi) is 11.4. The highest BCUT2D eigenvalue weighted by molar-refractivity contribution is 6.17. The predicted octanol–water partition coefficient (Wildman–Crippen LogP) is 4.90. The number of carbonyl (C=O) groups is 1. The van der Waals surface area contributed by atoms with Gasteiger partial charge in [-0.1, -0.05) is 59.3 Å². The average Bonchev–Trinajstić information content (AvgIpc) is 2.35. The van der Waals surface area contributed by atoms with Crippen LogP contribution < -0.4 is 5.32 Å². The molecular weight excluding hydrogens is 258 g/mol. The second kappa shape index (κ2) is 11.6. The van der Waals surface area contributed by atoms with Gasteiger partial charge in [0.1, 0.15) is 0 Å². The average molecular weight is 290 g/mol. The maximum atomic E-state index is 11.7. The van der Waals surface area contributed by atoms with Crippen molar-refractivity contribution in [1.82, 2.24) is 5.32 Å². The van der Waals surface area contributed by atoms with Crippen molar-refractivity contribution in [3.8, 4) is 0 Å². The van der Waals surface area contributed by atoms with Gasteiger partial charge in [0.15, 0.2) is 0 Å². The topological polar surface area (TPSA) is 29.1 Å². The number of rotatable bonds is 12. The second-order valence-corrected chi connectivity index (χ2v) is 6.63. The van der Waals surface area contributed by atoms with Gasteiger partial charge in [-0.15, -0.1) is 11.6 Å². The Morgan fingerprint density at radius 2 is 1.63 bits per heavy atom. The van der Waals surface area contributed by atoms with E-state index in [4.69, 9.17) is 11.6 Å². The molecule has 0 spiro atoms. The minimum atomic E-state index is 0.109. The standard InChI is InChI=1S/C16H32ClNO/c1-4-5-6-7-8-9-10-11-15(19)18-14-16(2,3)12-13-17/h4-14H2,1-3H3,(H,18,19). The van der Waals surface area contributed by atoms with Crippen LogP contribution >= 0.6 is 11.6 Å². The summed E-state index contributed by atoms with van der Waals surface area (Å²) in [6.07, 6.45) is 10.4. The van der Waals surface area contributed by atoms with Gasteiger partial charge < -0.3 is 5.32 Å². The molecule has 0 aliphatic heterocycles. The van der Waals surface area contributed by atoms with E-state index in [1.54, 1.807) is 0 Å². The number of carbonyl (C=O) groups excluding carboxylic acids is 1. The summed E-state index contributed by atoms with van der Waals surface area (Å²) in [6, 6.07) is 0. The molecule has 0 radical (unpaired) electrons. The van der Waals surface area contributed by atoms with E-state index in [0.717, 1.165) is 19.4 Å². The Morgan fingerprint density at radius 1 is 1.05 bits per heavy atom. The molecule has 1 amide bonds. The van der Waals surface area contributed by atoms with E-state index in [1.165, 1.54) is 38.5 Å². The lowest BCUT2D eigenvalue weighted by atomic mass is 9.90. The molecule has 0 heterocycles. The highest BCUT2D eigenvalue weighted by Gasteiger charge is 2.17. The fourth-order valence-corrected chi connectivity index (χ4v) is 2.52. The van der Waals surface area contributed by atoms with Crippen molar-refractivity contribution in [3.63, 3.8) is 0 Å². The van der Waals surface area contributed by atoms with Crippen LogP contribution in [0.1, 0.15) is 78.6 Å². The largest absolute Gasteiger partial charge is 0.356 e. The van der Waals surface area contributed by atoms with Gasteiger partial charge in [-0.2, -0.15) is 0 Å². The Hall–Kier alpha value is -0.240. The van der Waals surface area contributed by atoms with Crippen molar-refractivity contribution >= 4 is 17.5 Å². The first-order valence-electron chi connectivity index (χ1n) is 7.84. The molecule has 0 aromatic heterocycles. The van der Waals surface area contributed by atoms with Crippen molar-refractivity contribution in [2.45, 2.75) is 78.6 Å². The van der Waals surface area contributed by atoms with Gasteiger partial charge in [0.05, 0.1) is 0 Å². The van der Waals surface area contributed by atoms with Gasteiger partial charge in [0.2, 0.25) is 5.91 Å². The zero-order chi connectivity index (χ0) is 14.6. The third kappa shape index (κ3) is 12.5. The quantitative estimate of drug-likeness (QED) is 0.402. The molecule has 0 rings (SSSR count). The van der Waals surface area contributed by atoms with Crippen LogP contribution in [0.2, 0.25) is 0 Å². The molecule has 0 unspecified atom stereocenters. The van der Waals surface area contributed by atoms with Crippen molar-refractivity contribution in [3.05, 3.63) is 0 Å². The third-order valence-corrected chi connectivity index (χ3v) is 3.73. The summed E-state index contributed by atoms with van der Waals surface area (Å²) in [7, 11) is 0.